The van der Waals surface area contributed by atoms with E-state index in [4.69, 9.17) is 4.74 Å². The van der Waals surface area contributed by atoms with E-state index in [1.807, 2.05) is 24.3 Å². The Hall–Kier alpha value is -1.74. The second-order valence-electron chi connectivity index (χ2n) is 7.34. The Morgan fingerprint density at radius 2 is 1.97 bits per heavy atom. The van der Waals surface area contributed by atoms with Gasteiger partial charge in [-0.25, -0.2) is 0 Å². The topological polar surface area (TPSA) is 79.5 Å². The highest BCUT2D eigenvalue weighted by Gasteiger charge is 2.27. The second-order valence-corrected chi connectivity index (χ2v) is 9.36. The van der Waals surface area contributed by atoms with Gasteiger partial charge in [0.05, 0.1) is 18.2 Å². The lowest BCUT2D eigenvalue weighted by Crippen LogP contribution is -2.33. The van der Waals surface area contributed by atoms with Crippen LogP contribution >= 0.6 is 27.3 Å². The van der Waals surface area contributed by atoms with E-state index in [0.717, 1.165) is 54.4 Å². The van der Waals surface area contributed by atoms with Crippen LogP contribution in [0.5, 0.6) is 0 Å². The highest BCUT2D eigenvalue weighted by atomic mass is 79.9. The van der Waals surface area contributed by atoms with E-state index in [0.29, 0.717) is 17.1 Å². The van der Waals surface area contributed by atoms with Crippen molar-refractivity contribution in [3.05, 3.63) is 44.7 Å². The molecule has 1 atom stereocenters. The number of amides is 2. The van der Waals surface area contributed by atoms with Gasteiger partial charge in [-0.1, -0.05) is 15.9 Å². The van der Waals surface area contributed by atoms with Crippen LogP contribution in [0.1, 0.15) is 40.1 Å². The molecule has 29 heavy (non-hydrogen) atoms. The van der Waals surface area contributed by atoms with Gasteiger partial charge in [-0.2, -0.15) is 0 Å². The third-order valence-electron chi connectivity index (χ3n) is 5.18. The summed E-state index contributed by atoms with van der Waals surface area (Å²) >= 11 is 4.92. The number of aryl methyl sites for hydroxylation is 1. The third-order valence-corrected chi connectivity index (χ3v) is 6.92. The van der Waals surface area contributed by atoms with Gasteiger partial charge in [-0.3, -0.25) is 9.59 Å². The van der Waals surface area contributed by atoms with Gasteiger partial charge in [0.25, 0.3) is 5.91 Å². The van der Waals surface area contributed by atoms with Crippen LogP contribution < -0.4 is 16.0 Å². The summed E-state index contributed by atoms with van der Waals surface area (Å²) in [7, 11) is 0. The molecular weight excluding hydrogens is 454 g/mol. The Bertz CT molecular complexity index is 891. The van der Waals surface area contributed by atoms with Gasteiger partial charge in [0.1, 0.15) is 5.00 Å². The lowest BCUT2D eigenvalue weighted by molar-refractivity contribution is -0.115. The zero-order valence-electron chi connectivity index (χ0n) is 16.1. The first-order chi connectivity index (χ1) is 14.1. The number of halogens is 1. The Balaban J connectivity index is 1.42. The first-order valence-electron chi connectivity index (χ1n) is 9.94. The summed E-state index contributed by atoms with van der Waals surface area (Å²) in [6, 6.07) is 7.47. The average Bonchev–Trinajstić information content (AvgIpc) is 3.41. The normalized spacial score (nSPS) is 17.9. The fourth-order valence-corrected chi connectivity index (χ4v) is 5.35. The SMILES string of the molecule is O=C(CNC[C@H]1CCCO1)Nc1sc2c(c1C(=O)Nc1ccc(Br)cc1)CCC2. The van der Waals surface area contributed by atoms with Crippen molar-refractivity contribution in [1.29, 1.82) is 0 Å². The van der Waals surface area contributed by atoms with Crippen molar-refractivity contribution < 1.29 is 14.3 Å². The van der Waals surface area contributed by atoms with Crippen molar-refractivity contribution in [3.8, 4) is 0 Å². The Kier molecular flexibility index (Phi) is 6.64. The predicted octanol–water partition coefficient (Wildman–Crippen LogP) is 3.96. The number of thiophene rings is 1. The maximum Gasteiger partial charge on any atom is 0.258 e. The van der Waals surface area contributed by atoms with Gasteiger partial charge in [-0.15, -0.1) is 11.3 Å². The van der Waals surface area contributed by atoms with Crippen molar-refractivity contribution in [3.63, 3.8) is 0 Å². The van der Waals surface area contributed by atoms with E-state index in [2.05, 4.69) is 31.9 Å². The molecule has 1 fully saturated rings. The number of nitrogens with one attached hydrogen (secondary N) is 3. The lowest BCUT2D eigenvalue weighted by atomic mass is 10.1. The van der Waals surface area contributed by atoms with E-state index in [-0.39, 0.29) is 24.5 Å². The zero-order valence-corrected chi connectivity index (χ0v) is 18.5. The number of ether oxygens (including phenoxy) is 1. The lowest BCUT2D eigenvalue weighted by Gasteiger charge is -2.12. The minimum Gasteiger partial charge on any atom is -0.377 e. The smallest absolute Gasteiger partial charge is 0.258 e. The third kappa shape index (κ3) is 5.06. The molecule has 3 N–H and O–H groups in total. The summed E-state index contributed by atoms with van der Waals surface area (Å²) in [6.45, 7) is 1.68. The van der Waals surface area contributed by atoms with E-state index in [1.54, 1.807) is 0 Å². The first kappa shape index (κ1) is 20.5. The first-order valence-corrected chi connectivity index (χ1v) is 11.5. The van der Waals surface area contributed by atoms with Gasteiger partial charge in [-0.05, 0) is 61.9 Å². The highest BCUT2D eigenvalue weighted by molar-refractivity contribution is 9.10. The van der Waals surface area contributed by atoms with Crippen LogP contribution in [0.25, 0.3) is 0 Å². The summed E-state index contributed by atoms with van der Waals surface area (Å²) in [5.74, 6) is -0.310. The van der Waals surface area contributed by atoms with Gasteiger partial charge in [0.15, 0.2) is 0 Å². The molecule has 1 aromatic heterocycles. The van der Waals surface area contributed by atoms with Crippen LogP contribution in [0.15, 0.2) is 28.7 Å². The molecule has 154 valence electrons. The molecule has 1 aliphatic carbocycles. The minimum atomic E-state index is -0.172. The predicted molar refractivity (Wildman–Crippen MR) is 119 cm³/mol. The fraction of sp³-hybridized carbons (Fsp3) is 0.429. The molecule has 1 saturated heterocycles. The second kappa shape index (κ2) is 9.38. The number of anilines is 2. The molecule has 0 unspecified atom stereocenters. The van der Waals surface area contributed by atoms with Crippen molar-refractivity contribution in [1.82, 2.24) is 5.32 Å². The molecule has 0 spiro atoms. The highest BCUT2D eigenvalue weighted by Crippen LogP contribution is 2.39. The van der Waals surface area contributed by atoms with E-state index in [1.165, 1.54) is 16.2 Å². The van der Waals surface area contributed by atoms with Crippen molar-refractivity contribution >= 4 is 49.8 Å². The average molecular weight is 478 g/mol. The summed E-state index contributed by atoms with van der Waals surface area (Å²) < 4.78 is 6.51. The fourth-order valence-electron chi connectivity index (χ4n) is 3.78. The number of hydrogen-bond acceptors (Lipinski definition) is 5. The van der Waals surface area contributed by atoms with Crippen LogP contribution in [-0.4, -0.2) is 37.6 Å². The molecule has 8 heteroatoms. The molecule has 2 aromatic rings. The monoisotopic (exact) mass is 477 g/mol. The van der Waals surface area contributed by atoms with Crippen LogP contribution in [0.4, 0.5) is 10.7 Å². The van der Waals surface area contributed by atoms with Crippen molar-refractivity contribution in [2.45, 2.75) is 38.2 Å². The van der Waals surface area contributed by atoms with Crippen molar-refractivity contribution in [2.75, 3.05) is 30.3 Å². The van der Waals surface area contributed by atoms with Gasteiger partial charge in [0, 0.05) is 28.2 Å². The number of benzene rings is 1. The quantitative estimate of drug-likeness (QED) is 0.563. The number of carbonyl (C=O) groups excluding carboxylic acids is 2. The largest absolute Gasteiger partial charge is 0.377 e. The van der Waals surface area contributed by atoms with Gasteiger partial charge in [0.2, 0.25) is 5.91 Å². The zero-order chi connectivity index (χ0) is 20.2. The Morgan fingerprint density at radius 3 is 2.72 bits per heavy atom. The number of hydrogen-bond donors (Lipinski definition) is 3. The maximum absolute atomic E-state index is 13.0. The molecule has 6 nitrogen and oxygen atoms in total. The summed E-state index contributed by atoms with van der Waals surface area (Å²) in [6.07, 6.45) is 5.20. The Morgan fingerprint density at radius 1 is 1.14 bits per heavy atom. The van der Waals surface area contributed by atoms with E-state index < -0.39 is 0 Å². The van der Waals surface area contributed by atoms with Crippen molar-refractivity contribution in [2.24, 2.45) is 0 Å². The number of rotatable bonds is 7. The number of carbonyl (C=O) groups is 2. The van der Waals surface area contributed by atoms with Gasteiger partial charge >= 0.3 is 0 Å². The Labute approximate surface area is 182 Å². The standard InChI is InChI=1S/C21H24BrN3O3S/c22-13-6-8-14(9-7-13)24-20(27)19-16-4-1-5-17(16)29-21(19)25-18(26)12-23-11-15-3-2-10-28-15/h6-9,15,23H,1-5,10-12H2,(H,24,27)(H,25,26)/t15-/m1/s1. The number of fused-ring (bicyclic) bond motifs is 1. The molecule has 0 radical (unpaired) electrons. The maximum atomic E-state index is 13.0. The van der Waals surface area contributed by atoms with Crippen LogP contribution in [0.2, 0.25) is 0 Å². The van der Waals surface area contributed by atoms with E-state index >= 15 is 0 Å². The molecule has 1 aromatic carbocycles. The van der Waals surface area contributed by atoms with Crippen LogP contribution in [-0.2, 0) is 22.4 Å². The molecule has 2 aliphatic rings. The van der Waals surface area contributed by atoms with E-state index in [9.17, 15) is 9.59 Å². The van der Waals surface area contributed by atoms with Gasteiger partial charge < -0.3 is 20.7 Å². The summed E-state index contributed by atoms with van der Waals surface area (Å²) in [5, 5.41) is 9.71. The molecule has 2 heterocycles. The minimum absolute atomic E-state index is 0.138. The van der Waals surface area contributed by atoms with Crippen LogP contribution in [0.3, 0.4) is 0 Å². The molecule has 4 rings (SSSR count). The molecular formula is C21H24BrN3O3S. The summed E-state index contributed by atoms with van der Waals surface area (Å²) in [4.78, 5) is 26.7. The van der Waals surface area contributed by atoms with Crippen LogP contribution in [0, 0.1) is 0 Å². The molecule has 2 amide bonds. The molecule has 1 aliphatic heterocycles. The molecule has 0 saturated carbocycles. The molecule has 0 bridgehead atoms. The summed E-state index contributed by atoms with van der Waals surface area (Å²) in [5.41, 5.74) is 2.41.